The molecule has 1 unspecified atom stereocenters. The number of rotatable bonds is 11. The highest BCUT2D eigenvalue weighted by molar-refractivity contribution is 14.1. The molecular weight excluding hydrogens is 557 g/mol. The first kappa shape index (κ1) is 26.9. The maximum Gasteiger partial charge on any atom is 0.262 e. The molecule has 0 fully saturated rings. The number of benzene rings is 2. The highest BCUT2D eigenvalue weighted by Crippen LogP contribution is 2.34. The minimum absolute atomic E-state index is 0.160. The first-order valence-corrected chi connectivity index (χ1v) is 12.2. The summed E-state index contributed by atoms with van der Waals surface area (Å²) in [5, 5.41) is 7.13. The summed E-state index contributed by atoms with van der Waals surface area (Å²) in [4.78, 5) is 25.3. The van der Waals surface area contributed by atoms with Crippen molar-refractivity contribution >= 4 is 52.2 Å². The van der Waals surface area contributed by atoms with Crippen LogP contribution in [-0.2, 0) is 4.79 Å². The van der Waals surface area contributed by atoms with Crippen LogP contribution < -0.4 is 20.2 Å². The van der Waals surface area contributed by atoms with Gasteiger partial charge in [0.2, 0.25) is 0 Å². The maximum atomic E-state index is 12.7. The van der Waals surface area contributed by atoms with E-state index >= 15 is 0 Å². The van der Waals surface area contributed by atoms with E-state index in [0.717, 1.165) is 15.6 Å². The fraction of sp³-hybridized carbons (Fsp3) is 0.375. The van der Waals surface area contributed by atoms with Gasteiger partial charge in [0.15, 0.2) is 11.5 Å². The van der Waals surface area contributed by atoms with E-state index in [1.165, 1.54) is 6.21 Å². The summed E-state index contributed by atoms with van der Waals surface area (Å²) < 4.78 is 12.4. The minimum Gasteiger partial charge on any atom is -0.490 e. The van der Waals surface area contributed by atoms with Crippen LogP contribution >= 0.6 is 34.2 Å². The average Bonchev–Trinajstić information content (AvgIpc) is 2.77. The predicted molar refractivity (Wildman–Crippen MR) is 139 cm³/mol. The molecule has 0 aliphatic carbocycles. The number of ether oxygens (including phenoxy) is 2. The van der Waals surface area contributed by atoms with Gasteiger partial charge in [-0.2, -0.15) is 5.10 Å². The first-order chi connectivity index (χ1) is 15.8. The van der Waals surface area contributed by atoms with Gasteiger partial charge in [0.05, 0.1) is 33.6 Å². The Morgan fingerprint density at radius 3 is 2.55 bits per heavy atom. The second-order valence-electron chi connectivity index (χ2n) is 7.52. The van der Waals surface area contributed by atoms with Crippen molar-refractivity contribution in [2.75, 3.05) is 13.2 Å². The van der Waals surface area contributed by atoms with E-state index in [9.17, 15) is 9.59 Å². The van der Waals surface area contributed by atoms with E-state index in [0.29, 0.717) is 35.3 Å². The van der Waals surface area contributed by atoms with E-state index in [2.05, 4.69) is 38.4 Å². The van der Waals surface area contributed by atoms with Gasteiger partial charge in [0.25, 0.3) is 11.8 Å². The van der Waals surface area contributed by atoms with Crippen LogP contribution in [0.5, 0.6) is 11.5 Å². The Labute approximate surface area is 213 Å². The molecule has 2 N–H and O–H groups in total. The molecule has 2 rings (SSSR count). The molecule has 0 saturated carbocycles. The van der Waals surface area contributed by atoms with Crippen LogP contribution in [0.4, 0.5) is 0 Å². The molecule has 0 heterocycles. The number of hydrazone groups is 1. The monoisotopic (exact) mass is 585 g/mol. The van der Waals surface area contributed by atoms with E-state index in [1.54, 1.807) is 24.3 Å². The fourth-order valence-corrected chi connectivity index (χ4v) is 3.91. The third-order valence-corrected chi connectivity index (χ3v) is 5.66. The zero-order valence-corrected chi connectivity index (χ0v) is 22.1. The number of hydrogen-bond donors (Lipinski definition) is 2. The van der Waals surface area contributed by atoms with Gasteiger partial charge < -0.3 is 14.8 Å². The molecule has 0 radical (unpaired) electrons. The number of carbonyl (C=O) groups is 2. The number of hydrogen-bond acceptors (Lipinski definition) is 5. The molecule has 0 aliphatic heterocycles. The summed E-state index contributed by atoms with van der Waals surface area (Å²) in [6, 6.07) is 9.61. The molecule has 0 aliphatic rings. The molecule has 0 spiro atoms. The van der Waals surface area contributed by atoms with Gasteiger partial charge in [0.1, 0.15) is 6.04 Å². The van der Waals surface area contributed by atoms with E-state index < -0.39 is 17.9 Å². The van der Waals surface area contributed by atoms with Crippen LogP contribution in [0, 0.1) is 9.49 Å². The standard InChI is InChI=1S/C24H29ClIN3O4/c1-5-11-33-22-19(26)12-16(13-20(22)32-6-2)14-27-29-24(31)21(15(3)4)28-23(30)17-9-7-8-10-18(17)25/h7-10,12-15,21H,5-6,11H2,1-4H3,(H,28,30)(H,29,31)/b27-14-. The Balaban J connectivity index is 2.11. The molecule has 0 aromatic heterocycles. The Morgan fingerprint density at radius 1 is 1.18 bits per heavy atom. The summed E-state index contributed by atoms with van der Waals surface area (Å²) in [5.74, 6) is 0.314. The molecule has 0 saturated heterocycles. The topological polar surface area (TPSA) is 89.0 Å². The van der Waals surface area contributed by atoms with Crippen molar-refractivity contribution in [2.45, 2.75) is 40.2 Å². The van der Waals surface area contributed by atoms with Crippen molar-refractivity contribution in [3.63, 3.8) is 0 Å². The Bertz CT molecular complexity index is 998. The highest BCUT2D eigenvalue weighted by atomic mass is 127. The van der Waals surface area contributed by atoms with Crippen molar-refractivity contribution in [3.05, 3.63) is 56.1 Å². The van der Waals surface area contributed by atoms with Crippen molar-refractivity contribution < 1.29 is 19.1 Å². The fourth-order valence-electron chi connectivity index (χ4n) is 2.91. The molecule has 7 nitrogen and oxygen atoms in total. The zero-order valence-electron chi connectivity index (χ0n) is 19.2. The van der Waals surface area contributed by atoms with Crippen LogP contribution in [-0.4, -0.2) is 37.3 Å². The van der Waals surface area contributed by atoms with Gasteiger partial charge in [-0.3, -0.25) is 9.59 Å². The Kier molecular flexibility index (Phi) is 10.9. The smallest absolute Gasteiger partial charge is 0.262 e. The second-order valence-corrected chi connectivity index (χ2v) is 9.09. The van der Waals surface area contributed by atoms with E-state index in [4.69, 9.17) is 21.1 Å². The lowest BCUT2D eigenvalue weighted by atomic mass is 10.0. The quantitative estimate of drug-likeness (QED) is 0.220. The normalized spacial score (nSPS) is 12.0. The summed E-state index contributed by atoms with van der Waals surface area (Å²) in [5.41, 5.74) is 3.57. The number of halogens is 2. The van der Waals surface area contributed by atoms with E-state index in [1.807, 2.05) is 39.8 Å². The van der Waals surface area contributed by atoms with Crippen molar-refractivity contribution in [1.82, 2.24) is 10.7 Å². The Hall–Kier alpha value is -2.33. The van der Waals surface area contributed by atoms with Crippen molar-refractivity contribution in [2.24, 2.45) is 11.0 Å². The van der Waals surface area contributed by atoms with Crippen LogP contribution in [0.25, 0.3) is 0 Å². The molecule has 2 aromatic rings. The lowest BCUT2D eigenvalue weighted by Crippen LogP contribution is -2.48. The number of nitrogens with zero attached hydrogens (tertiary/aromatic N) is 1. The molecule has 33 heavy (non-hydrogen) atoms. The van der Waals surface area contributed by atoms with Gasteiger partial charge in [-0.05, 0) is 71.7 Å². The third kappa shape index (κ3) is 7.89. The van der Waals surface area contributed by atoms with Gasteiger partial charge in [-0.15, -0.1) is 0 Å². The Morgan fingerprint density at radius 2 is 1.91 bits per heavy atom. The highest BCUT2D eigenvalue weighted by Gasteiger charge is 2.25. The molecule has 0 bridgehead atoms. The maximum absolute atomic E-state index is 12.7. The summed E-state index contributed by atoms with van der Waals surface area (Å²) in [6.07, 6.45) is 2.42. The van der Waals surface area contributed by atoms with Gasteiger partial charge in [0, 0.05) is 0 Å². The lowest BCUT2D eigenvalue weighted by Gasteiger charge is -2.20. The van der Waals surface area contributed by atoms with Crippen LogP contribution in [0.3, 0.4) is 0 Å². The third-order valence-electron chi connectivity index (χ3n) is 4.52. The SMILES string of the molecule is CCCOc1c(I)cc(/C=N\NC(=O)C(NC(=O)c2ccccc2Cl)C(C)C)cc1OCC. The summed E-state index contributed by atoms with van der Waals surface area (Å²) in [7, 11) is 0. The van der Waals surface area contributed by atoms with Gasteiger partial charge in [-0.1, -0.05) is 44.5 Å². The van der Waals surface area contributed by atoms with E-state index in [-0.39, 0.29) is 5.92 Å². The van der Waals surface area contributed by atoms with Crippen molar-refractivity contribution in [3.8, 4) is 11.5 Å². The lowest BCUT2D eigenvalue weighted by molar-refractivity contribution is -0.123. The molecule has 1 atom stereocenters. The number of amides is 2. The molecule has 178 valence electrons. The van der Waals surface area contributed by atoms with Crippen LogP contribution in [0.1, 0.15) is 50.0 Å². The molecule has 2 aromatic carbocycles. The number of carbonyl (C=O) groups excluding carboxylic acids is 2. The zero-order chi connectivity index (χ0) is 24.4. The second kappa shape index (κ2) is 13.4. The summed E-state index contributed by atoms with van der Waals surface area (Å²) in [6.45, 7) is 8.71. The van der Waals surface area contributed by atoms with Crippen molar-refractivity contribution in [1.29, 1.82) is 0 Å². The molecule has 2 amide bonds. The largest absolute Gasteiger partial charge is 0.490 e. The first-order valence-electron chi connectivity index (χ1n) is 10.8. The molecular formula is C24H29ClIN3O4. The predicted octanol–water partition coefficient (Wildman–Crippen LogP) is 5.04. The minimum atomic E-state index is -0.783. The van der Waals surface area contributed by atoms with Gasteiger partial charge in [-0.25, -0.2) is 5.43 Å². The molecule has 9 heteroatoms. The van der Waals surface area contributed by atoms with Crippen LogP contribution in [0.2, 0.25) is 5.02 Å². The average molecular weight is 586 g/mol. The van der Waals surface area contributed by atoms with Gasteiger partial charge >= 0.3 is 0 Å². The van der Waals surface area contributed by atoms with Crippen LogP contribution in [0.15, 0.2) is 41.5 Å². The number of nitrogens with one attached hydrogen (secondary N) is 2. The summed E-state index contributed by atoms with van der Waals surface area (Å²) >= 11 is 8.28.